The summed E-state index contributed by atoms with van der Waals surface area (Å²) in [7, 11) is 0. The largest absolute Gasteiger partial charge is 0.508 e. The Kier molecular flexibility index (Phi) is 5.14. The molecule has 0 unspecified atom stereocenters. The molecular formula is C15H19FN2O3. The van der Waals surface area contributed by atoms with Crippen molar-refractivity contribution in [2.24, 2.45) is 0 Å². The summed E-state index contributed by atoms with van der Waals surface area (Å²) in [6.45, 7) is 1.73. The van der Waals surface area contributed by atoms with E-state index in [0.717, 1.165) is 38.4 Å². The van der Waals surface area contributed by atoms with Crippen LogP contribution in [0.4, 0.5) is 4.39 Å². The number of phenolic OH excluding ortho intramolecular Hbond substituents is 1. The number of aromatic hydroxyl groups is 1. The van der Waals surface area contributed by atoms with Crippen LogP contribution >= 0.6 is 0 Å². The van der Waals surface area contributed by atoms with Crippen molar-refractivity contribution in [3.63, 3.8) is 0 Å². The highest BCUT2D eigenvalue weighted by Crippen LogP contribution is 2.15. The molecule has 5 nitrogen and oxygen atoms in total. The number of phenols is 1. The first-order valence-corrected chi connectivity index (χ1v) is 7.12. The van der Waals surface area contributed by atoms with Gasteiger partial charge in [0.2, 0.25) is 5.91 Å². The molecule has 1 heterocycles. The first-order valence-electron chi connectivity index (χ1n) is 7.12. The molecule has 21 heavy (non-hydrogen) atoms. The van der Waals surface area contributed by atoms with E-state index >= 15 is 0 Å². The maximum Gasteiger partial charge on any atom is 0.254 e. The molecule has 0 bridgehead atoms. The molecule has 1 aliphatic rings. The summed E-state index contributed by atoms with van der Waals surface area (Å²) in [5.41, 5.74) is -0.141. The third-order valence-electron chi connectivity index (χ3n) is 3.53. The minimum atomic E-state index is -0.783. The maximum atomic E-state index is 13.5. The average molecular weight is 294 g/mol. The SMILES string of the molecule is O=C(NCCC(=O)N1CCCCC1)c1ccc(O)cc1F. The molecule has 2 amide bonds. The van der Waals surface area contributed by atoms with E-state index < -0.39 is 11.7 Å². The summed E-state index contributed by atoms with van der Waals surface area (Å²) in [4.78, 5) is 25.5. The number of benzene rings is 1. The Morgan fingerprint density at radius 3 is 2.62 bits per heavy atom. The molecule has 0 aromatic heterocycles. The van der Waals surface area contributed by atoms with Gasteiger partial charge in [-0.1, -0.05) is 0 Å². The fourth-order valence-corrected chi connectivity index (χ4v) is 2.37. The van der Waals surface area contributed by atoms with Crippen LogP contribution in [-0.4, -0.2) is 41.5 Å². The number of halogens is 1. The molecular weight excluding hydrogens is 275 g/mol. The number of carbonyl (C=O) groups is 2. The van der Waals surface area contributed by atoms with Gasteiger partial charge in [-0.3, -0.25) is 9.59 Å². The standard InChI is InChI=1S/C15H19FN2O3/c16-13-10-11(19)4-5-12(13)15(21)17-7-6-14(20)18-8-2-1-3-9-18/h4-5,10,19H,1-3,6-9H2,(H,17,21). The van der Waals surface area contributed by atoms with Crippen LogP contribution in [0.2, 0.25) is 0 Å². The summed E-state index contributed by atoms with van der Waals surface area (Å²) in [6.07, 6.45) is 3.42. The van der Waals surface area contributed by atoms with Crippen LogP contribution in [0, 0.1) is 5.82 Å². The molecule has 0 atom stereocenters. The number of nitrogens with one attached hydrogen (secondary N) is 1. The van der Waals surface area contributed by atoms with Crippen molar-refractivity contribution in [2.75, 3.05) is 19.6 Å². The zero-order valence-corrected chi connectivity index (χ0v) is 11.8. The molecule has 1 aromatic rings. The average Bonchev–Trinajstić information content (AvgIpc) is 2.47. The first kappa shape index (κ1) is 15.3. The third kappa shape index (κ3) is 4.18. The van der Waals surface area contributed by atoms with Gasteiger partial charge < -0.3 is 15.3 Å². The number of rotatable bonds is 4. The predicted molar refractivity (Wildman–Crippen MR) is 75.4 cm³/mol. The number of likely N-dealkylation sites (tertiary alicyclic amines) is 1. The molecule has 1 aromatic carbocycles. The molecule has 0 spiro atoms. The smallest absolute Gasteiger partial charge is 0.254 e. The summed E-state index contributed by atoms with van der Waals surface area (Å²) in [5, 5.41) is 11.6. The second-order valence-corrected chi connectivity index (χ2v) is 5.11. The summed E-state index contributed by atoms with van der Waals surface area (Å²) in [5.74, 6) is -1.58. The Labute approximate surface area is 122 Å². The van der Waals surface area contributed by atoms with Gasteiger partial charge in [0.1, 0.15) is 11.6 Å². The number of nitrogens with zero attached hydrogens (tertiary/aromatic N) is 1. The number of piperidine rings is 1. The van der Waals surface area contributed by atoms with E-state index in [4.69, 9.17) is 5.11 Å². The maximum absolute atomic E-state index is 13.5. The minimum absolute atomic E-state index is 0.0150. The molecule has 0 saturated carbocycles. The van der Waals surface area contributed by atoms with Gasteiger partial charge in [-0.05, 0) is 31.4 Å². The van der Waals surface area contributed by atoms with Crippen LogP contribution in [0.1, 0.15) is 36.0 Å². The summed E-state index contributed by atoms with van der Waals surface area (Å²) < 4.78 is 13.5. The van der Waals surface area contributed by atoms with Crippen molar-refractivity contribution in [1.29, 1.82) is 0 Å². The van der Waals surface area contributed by atoms with Crippen molar-refractivity contribution in [2.45, 2.75) is 25.7 Å². The van der Waals surface area contributed by atoms with E-state index in [9.17, 15) is 14.0 Å². The molecule has 0 radical (unpaired) electrons. The van der Waals surface area contributed by atoms with Crippen LogP contribution < -0.4 is 5.32 Å². The zero-order chi connectivity index (χ0) is 15.2. The number of amides is 2. The Balaban J connectivity index is 1.79. The van der Waals surface area contributed by atoms with Crippen LogP contribution in [0.5, 0.6) is 5.75 Å². The van der Waals surface area contributed by atoms with Gasteiger partial charge in [-0.2, -0.15) is 0 Å². The first-order chi connectivity index (χ1) is 10.1. The highest BCUT2D eigenvalue weighted by atomic mass is 19.1. The lowest BCUT2D eigenvalue weighted by atomic mass is 10.1. The molecule has 1 aliphatic heterocycles. The van der Waals surface area contributed by atoms with E-state index in [0.29, 0.717) is 0 Å². The van der Waals surface area contributed by atoms with Gasteiger partial charge in [0.05, 0.1) is 5.56 Å². The topological polar surface area (TPSA) is 69.6 Å². The number of hydrogen-bond acceptors (Lipinski definition) is 3. The van der Waals surface area contributed by atoms with Gasteiger partial charge in [-0.15, -0.1) is 0 Å². The second-order valence-electron chi connectivity index (χ2n) is 5.11. The lowest BCUT2D eigenvalue weighted by Gasteiger charge is -2.26. The van der Waals surface area contributed by atoms with E-state index in [2.05, 4.69) is 5.32 Å². The van der Waals surface area contributed by atoms with E-state index in [1.807, 2.05) is 0 Å². The molecule has 2 N–H and O–H groups in total. The van der Waals surface area contributed by atoms with Crippen molar-refractivity contribution in [3.05, 3.63) is 29.6 Å². The zero-order valence-electron chi connectivity index (χ0n) is 11.8. The van der Waals surface area contributed by atoms with E-state index in [-0.39, 0.29) is 30.2 Å². The Bertz CT molecular complexity index is 528. The van der Waals surface area contributed by atoms with Gasteiger partial charge in [0.15, 0.2) is 0 Å². The highest BCUT2D eigenvalue weighted by molar-refractivity contribution is 5.94. The van der Waals surface area contributed by atoms with Crippen molar-refractivity contribution >= 4 is 11.8 Å². The van der Waals surface area contributed by atoms with Crippen LogP contribution in [-0.2, 0) is 4.79 Å². The highest BCUT2D eigenvalue weighted by Gasteiger charge is 2.17. The van der Waals surface area contributed by atoms with E-state index in [1.165, 1.54) is 12.1 Å². The van der Waals surface area contributed by atoms with Gasteiger partial charge in [-0.25, -0.2) is 4.39 Å². The van der Waals surface area contributed by atoms with Gasteiger partial charge in [0, 0.05) is 32.1 Å². The molecule has 6 heteroatoms. The van der Waals surface area contributed by atoms with Crippen molar-refractivity contribution < 1.29 is 19.1 Å². The summed E-state index contributed by atoms with van der Waals surface area (Å²) in [6, 6.07) is 3.34. The van der Waals surface area contributed by atoms with Crippen LogP contribution in [0.3, 0.4) is 0 Å². The molecule has 114 valence electrons. The summed E-state index contributed by atoms with van der Waals surface area (Å²) >= 11 is 0. The van der Waals surface area contributed by atoms with E-state index in [1.54, 1.807) is 4.90 Å². The van der Waals surface area contributed by atoms with Crippen LogP contribution in [0.25, 0.3) is 0 Å². The lowest BCUT2D eigenvalue weighted by Crippen LogP contribution is -2.37. The quantitative estimate of drug-likeness (QED) is 0.887. The molecule has 0 aliphatic carbocycles. The number of hydrogen-bond donors (Lipinski definition) is 2. The molecule has 1 fully saturated rings. The predicted octanol–water partition coefficient (Wildman–Crippen LogP) is 1.66. The fraction of sp³-hybridized carbons (Fsp3) is 0.467. The minimum Gasteiger partial charge on any atom is -0.508 e. The van der Waals surface area contributed by atoms with Gasteiger partial charge in [0.25, 0.3) is 5.91 Å². The Morgan fingerprint density at radius 1 is 1.24 bits per heavy atom. The monoisotopic (exact) mass is 294 g/mol. The normalized spacial score (nSPS) is 14.8. The van der Waals surface area contributed by atoms with Crippen LogP contribution in [0.15, 0.2) is 18.2 Å². The second kappa shape index (κ2) is 7.06. The Morgan fingerprint density at radius 2 is 1.95 bits per heavy atom. The number of carbonyl (C=O) groups excluding carboxylic acids is 2. The molecule has 2 rings (SSSR count). The van der Waals surface area contributed by atoms with Crippen molar-refractivity contribution in [1.82, 2.24) is 10.2 Å². The third-order valence-corrected chi connectivity index (χ3v) is 3.53. The molecule has 1 saturated heterocycles. The fourth-order valence-electron chi connectivity index (χ4n) is 2.37. The lowest BCUT2D eigenvalue weighted by molar-refractivity contribution is -0.131. The van der Waals surface area contributed by atoms with Crippen molar-refractivity contribution in [3.8, 4) is 5.75 Å². The Hall–Kier alpha value is -2.11. The van der Waals surface area contributed by atoms with Gasteiger partial charge >= 0.3 is 0 Å².